The molecule has 2 N–H and O–H groups in total. The minimum atomic E-state index is -0.317. The van der Waals surface area contributed by atoms with E-state index < -0.39 is 0 Å². The third-order valence-corrected chi connectivity index (χ3v) is 3.12. The van der Waals surface area contributed by atoms with Crippen molar-refractivity contribution in [1.29, 1.82) is 0 Å². The molecule has 2 atom stereocenters. The Balaban J connectivity index is 2.32. The lowest BCUT2D eigenvalue weighted by atomic mass is 9.93. The molecule has 1 aliphatic heterocycles. The number of benzene rings is 1. The lowest BCUT2D eigenvalue weighted by Gasteiger charge is -2.14. The fourth-order valence-electron chi connectivity index (χ4n) is 1.91. The van der Waals surface area contributed by atoms with Crippen molar-refractivity contribution in [3.63, 3.8) is 0 Å². The number of carbonyl (C=O) groups excluding carboxylic acids is 1. The van der Waals surface area contributed by atoms with E-state index in [1.165, 1.54) is 7.11 Å². The molecule has 2 rings (SSSR count). The van der Waals surface area contributed by atoms with Gasteiger partial charge in [-0.2, -0.15) is 0 Å². The molecule has 0 spiro atoms. The van der Waals surface area contributed by atoms with Crippen LogP contribution in [-0.2, 0) is 4.74 Å². The van der Waals surface area contributed by atoms with E-state index in [4.69, 9.17) is 26.8 Å². The van der Waals surface area contributed by atoms with Crippen molar-refractivity contribution >= 4 is 17.4 Å². The van der Waals surface area contributed by atoms with Gasteiger partial charge in [-0.25, -0.2) is 0 Å². The third kappa shape index (κ3) is 2.44. The first-order valence-corrected chi connectivity index (χ1v) is 5.72. The molecule has 1 fully saturated rings. The van der Waals surface area contributed by atoms with Gasteiger partial charge >= 0.3 is 0 Å². The SMILES string of the molecule is COc1ccc(Cl)cc1C(=O)C1COCC1N. The Morgan fingerprint density at radius 2 is 2.29 bits per heavy atom. The van der Waals surface area contributed by atoms with E-state index in [2.05, 4.69) is 0 Å². The van der Waals surface area contributed by atoms with Gasteiger partial charge in [0.25, 0.3) is 0 Å². The van der Waals surface area contributed by atoms with E-state index in [0.29, 0.717) is 29.5 Å². The minimum absolute atomic E-state index is 0.0747. The number of carbonyl (C=O) groups is 1. The average molecular weight is 256 g/mol. The summed E-state index contributed by atoms with van der Waals surface area (Å²) in [5, 5.41) is 0.502. The lowest BCUT2D eigenvalue weighted by molar-refractivity contribution is 0.0893. The Labute approximate surface area is 105 Å². The predicted octanol–water partition coefficient (Wildman–Crippen LogP) is 1.50. The Morgan fingerprint density at radius 1 is 1.53 bits per heavy atom. The van der Waals surface area contributed by atoms with Gasteiger partial charge < -0.3 is 15.2 Å². The summed E-state index contributed by atoms with van der Waals surface area (Å²) in [6, 6.07) is 4.71. The molecule has 1 aliphatic rings. The molecule has 1 heterocycles. The number of Topliss-reactive ketones (excluding diaryl/α,β-unsaturated/α-hetero) is 1. The molecule has 0 aromatic heterocycles. The first-order chi connectivity index (χ1) is 8.13. The van der Waals surface area contributed by atoms with Crippen molar-refractivity contribution in [3.05, 3.63) is 28.8 Å². The van der Waals surface area contributed by atoms with Crippen LogP contribution in [0.1, 0.15) is 10.4 Å². The van der Waals surface area contributed by atoms with Crippen LogP contribution >= 0.6 is 11.6 Å². The van der Waals surface area contributed by atoms with Crippen molar-refractivity contribution in [1.82, 2.24) is 0 Å². The molecule has 2 unspecified atom stereocenters. The van der Waals surface area contributed by atoms with Crippen LogP contribution in [0.2, 0.25) is 5.02 Å². The monoisotopic (exact) mass is 255 g/mol. The lowest BCUT2D eigenvalue weighted by Crippen LogP contribution is -2.34. The fraction of sp³-hybridized carbons (Fsp3) is 0.417. The van der Waals surface area contributed by atoms with E-state index in [-0.39, 0.29) is 17.7 Å². The Kier molecular flexibility index (Phi) is 3.66. The van der Waals surface area contributed by atoms with Crippen LogP contribution in [0.3, 0.4) is 0 Å². The van der Waals surface area contributed by atoms with Gasteiger partial charge in [0.1, 0.15) is 5.75 Å². The van der Waals surface area contributed by atoms with E-state index in [1.807, 2.05) is 0 Å². The van der Waals surface area contributed by atoms with Gasteiger partial charge in [-0.3, -0.25) is 4.79 Å². The largest absolute Gasteiger partial charge is 0.496 e. The summed E-state index contributed by atoms with van der Waals surface area (Å²) in [5.74, 6) is 0.121. The first kappa shape index (κ1) is 12.4. The number of nitrogens with two attached hydrogens (primary N) is 1. The number of hydrogen-bond acceptors (Lipinski definition) is 4. The number of methoxy groups -OCH3 is 1. The molecule has 92 valence electrons. The molecule has 5 heteroatoms. The predicted molar refractivity (Wildman–Crippen MR) is 64.6 cm³/mol. The van der Waals surface area contributed by atoms with Gasteiger partial charge in [-0.15, -0.1) is 0 Å². The van der Waals surface area contributed by atoms with Crippen LogP contribution in [-0.4, -0.2) is 32.1 Å². The fourth-order valence-corrected chi connectivity index (χ4v) is 2.09. The molecule has 0 amide bonds. The van der Waals surface area contributed by atoms with Gasteiger partial charge in [0.15, 0.2) is 5.78 Å². The summed E-state index contributed by atoms with van der Waals surface area (Å²) in [7, 11) is 1.52. The summed E-state index contributed by atoms with van der Waals surface area (Å²) in [5.41, 5.74) is 6.29. The summed E-state index contributed by atoms with van der Waals surface area (Å²) >= 11 is 5.89. The smallest absolute Gasteiger partial charge is 0.173 e. The first-order valence-electron chi connectivity index (χ1n) is 5.34. The van der Waals surface area contributed by atoms with E-state index in [1.54, 1.807) is 18.2 Å². The van der Waals surface area contributed by atoms with Crippen LogP contribution in [0.25, 0.3) is 0 Å². The highest BCUT2D eigenvalue weighted by molar-refractivity contribution is 6.31. The molecule has 1 saturated heterocycles. The molecule has 0 radical (unpaired) electrons. The number of hydrogen-bond donors (Lipinski definition) is 1. The summed E-state index contributed by atoms with van der Waals surface area (Å²) < 4.78 is 10.4. The standard InChI is InChI=1S/C12H14ClNO3/c1-16-11-3-2-7(13)4-8(11)12(15)9-5-17-6-10(9)14/h2-4,9-10H,5-6,14H2,1H3. The van der Waals surface area contributed by atoms with E-state index in [0.717, 1.165) is 0 Å². The van der Waals surface area contributed by atoms with Crippen LogP contribution < -0.4 is 10.5 Å². The second-order valence-corrected chi connectivity index (χ2v) is 4.45. The second-order valence-electron chi connectivity index (χ2n) is 4.02. The van der Waals surface area contributed by atoms with E-state index >= 15 is 0 Å². The Bertz CT molecular complexity index is 436. The highest BCUT2D eigenvalue weighted by Gasteiger charge is 2.33. The average Bonchev–Trinajstić information content (AvgIpc) is 2.74. The van der Waals surface area contributed by atoms with Gasteiger partial charge in [-0.1, -0.05) is 11.6 Å². The summed E-state index contributed by atoms with van der Waals surface area (Å²) in [6.07, 6.45) is 0. The molecule has 1 aromatic rings. The molecule has 0 saturated carbocycles. The van der Waals surface area contributed by atoms with Crippen molar-refractivity contribution in [2.45, 2.75) is 6.04 Å². The van der Waals surface area contributed by atoms with Gasteiger partial charge in [0.05, 0.1) is 31.8 Å². The van der Waals surface area contributed by atoms with Crippen molar-refractivity contribution in [2.75, 3.05) is 20.3 Å². The zero-order valence-corrected chi connectivity index (χ0v) is 10.2. The number of ether oxygens (including phenoxy) is 2. The van der Waals surface area contributed by atoms with Crippen molar-refractivity contribution in [3.8, 4) is 5.75 Å². The van der Waals surface area contributed by atoms with Gasteiger partial charge in [-0.05, 0) is 18.2 Å². The molecule has 0 bridgehead atoms. The Morgan fingerprint density at radius 3 is 2.88 bits per heavy atom. The maximum atomic E-state index is 12.3. The summed E-state index contributed by atoms with van der Waals surface area (Å²) in [6.45, 7) is 0.773. The molecule has 17 heavy (non-hydrogen) atoms. The van der Waals surface area contributed by atoms with Crippen LogP contribution in [0.15, 0.2) is 18.2 Å². The van der Waals surface area contributed by atoms with Crippen molar-refractivity contribution in [2.24, 2.45) is 11.7 Å². The topological polar surface area (TPSA) is 61.5 Å². The molecule has 4 nitrogen and oxygen atoms in total. The Hall–Kier alpha value is -1.10. The second kappa shape index (κ2) is 5.04. The maximum absolute atomic E-state index is 12.3. The zero-order valence-electron chi connectivity index (χ0n) is 9.48. The maximum Gasteiger partial charge on any atom is 0.173 e. The van der Waals surface area contributed by atoms with Crippen LogP contribution in [0, 0.1) is 5.92 Å². The molecule has 1 aromatic carbocycles. The summed E-state index contributed by atoms with van der Waals surface area (Å²) in [4.78, 5) is 12.3. The number of rotatable bonds is 3. The van der Waals surface area contributed by atoms with E-state index in [9.17, 15) is 4.79 Å². The number of halogens is 1. The highest BCUT2D eigenvalue weighted by atomic mass is 35.5. The zero-order chi connectivity index (χ0) is 12.4. The minimum Gasteiger partial charge on any atom is -0.496 e. The van der Waals surface area contributed by atoms with Crippen molar-refractivity contribution < 1.29 is 14.3 Å². The quantitative estimate of drug-likeness (QED) is 0.832. The van der Waals surface area contributed by atoms with Crippen LogP contribution in [0.4, 0.5) is 0 Å². The van der Waals surface area contributed by atoms with Gasteiger partial charge in [0, 0.05) is 11.1 Å². The molecule has 0 aliphatic carbocycles. The number of ketones is 1. The van der Waals surface area contributed by atoms with Gasteiger partial charge in [0.2, 0.25) is 0 Å². The normalized spacial score (nSPS) is 23.7. The molecular weight excluding hydrogens is 242 g/mol. The third-order valence-electron chi connectivity index (χ3n) is 2.89. The highest BCUT2D eigenvalue weighted by Crippen LogP contribution is 2.27. The van der Waals surface area contributed by atoms with Crippen LogP contribution in [0.5, 0.6) is 5.75 Å². The molecular formula is C12H14ClNO3.